The van der Waals surface area contributed by atoms with E-state index < -0.39 is 6.10 Å². The van der Waals surface area contributed by atoms with Crippen molar-refractivity contribution in [2.45, 2.75) is 6.10 Å². The molecule has 23 heavy (non-hydrogen) atoms. The van der Waals surface area contributed by atoms with Crippen molar-refractivity contribution in [2.75, 3.05) is 6.54 Å². The highest BCUT2D eigenvalue weighted by atomic mass is 32.1. The SMILES string of the molecule is Cn1c(C(=O)NCC(O)c2cc3ccccc3s2)cccc1=O. The Morgan fingerprint density at radius 3 is 2.83 bits per heavy atom. The third-order valence-corrected chi connectivity index (χ3v) is 4.86. The number of hydrogen-bond donors (Lipinski definition) is 2. The van der Waals surface area contributed by atoms with Gasteiger partial charge in [0.25, 0.3) is 11.5 Å². The molecular formula is C17H16N2O3S. The van der Waals surface area contributed by atoms with E-state index in [0.717, 1.165) is 15.0 Å². The number of amides is 1. The molecule has 1 atom stereocenters. The number of pyridine rings is 1. The summed E-state index contributed by atoms with van der Waals surface area (Å²) in [5.74, 6) is -0.384. The van der Waals surface area contributed by atoms with Crippen molar-refractivity contribution >= 4 is 27.3 Å². The van der Waals surface area contributed by atoms with Crippen molar-refractivity contribution in [3.8, 4) is 0 Å². The minimum absolute atomic E-state index is 0.0920. The predicted octanol–water partition coefficient (Wildman–Crippen LogP) is 2.06. The van der Waals surface area contributed by atoms with E-state index >= 15 is 0 Å². The monoisotopic (exact) mass is 328 g/mol. The second-order valence-corrected chi connectivity index (χ2v) is 6.34. The van der Waals surface area contributed by atoms with Crippen LogP contribution in [0.25, 0.3) is 10.1 Å². The van der Waals surface area contributed by atoms with Crippen LogP contribution in [-0.2, 0) is 7.05 Å². The molecule has 2 N–H and O–H groups in total. The van der Waals surface area contributed by atoms with E-state index in [2.05, 4.69) is 5.32 Å². The number of aromatic nitrogens is 1. The maximum atomic E-state index is 12.1. The van der Waals surface area contributed by atoms with Crippen LogP contribution in [-0.4, -0.2) is 22.1 Å². The summed E-state index contributed by atoms with van der Waals surface area (Å²) < 4.78 is 2.37. The fourth-order valence-corrected chi connectivity index (χ4v) is 3.39. The summed E-state index contributed by atoms with van der Waals surface area (Å²) in [6, 6.07) is 14.3. The van der Waals surface area contributed by atoms with Gasteiger partial charge in [-0.05, 0) is 23.6 Å². The van der Waals surface area contributed by atoms with Crippen LogP contribution in [0.4, 0.5) is 0 Å². The van der Waals surface area contributed by atoms with Crippen LogP contribution in [0, 0.1) is 0 Å². The first-order valence-electron chi connectivity index (χ1n) is 7.17. The van der Waals surface area contributed by atoms with Crippen LogP contribution >= 0.6 is 11.3 Å². The van der Waals surface area contributed by atoms with Gasteiger partial charge in [0.2, 0.25) is 0 Å². The van der Waals surface area contributed by atoms with E-state index in [0.29, 0.717) is 0 Å². The molecule has 5 nitrogen and oxygen atoms in total. The normalized spacial score (nSPS) is 12.3. The summed E-state index contributed by atoms with van der Waals surface area (Å²) >= 11 is 1.50. The quantitative estimate of drug-likeness (QED) is 0.770. The van der Waals surface area contributed by atoms with Crippen molar-refractivity contribution < 1.29 is 9.90 Å². The van der Waals surface area contributed by atoms with Crippen molar-refractivity contribution in [1.29, 1.82) is 0 Å². The standard InChI is InChI=1S/C17H16N2O3S/c1-19-12(6-4-8-16(19)21)17(22)18-10-13(20)15-9-11-5-2-3-7-14(11)23-15/h2-9,13,20H,10H2,1H3,(H,18,22). The van der Waals surface area contributed by atoms with E-state index in [-0.39, 0.29) is 23.7 Å². The van der Waals surface area contributed by atoms with Gasteiger partial charge in [-0.25, -0.2) is 0 Å². The van der Waals surface area contributed by atoms with Crippen molar-refractivity contribution in [2.24, 2.45) is 7.05 Å². The lowest BCUT2D eigenvalue weighted by Crippen LogP contribution is -2.32. The van der Waals surface area contributed by atoms with Gasteiger partial charge < -0.3 is 15.0 Å². The average Bonchev–Trinajstić information content (AvgIpc) is 2.99. The van der Waals surface area contributed by atoms with Crippen LogP contribution in [0.2, 0.25) is 0 Å². The van der Waals surface area contributed by atoms with Gasteiger partial charge in [0, 0.05) is 29.2 Å². The fourth-order valence-electron chi connectivity index (χ4n) is 2.34. The Morgan fingerprint density at radius 1 is 1.26 bits per heavy atom. The summed E-state index contributed by atoms with van der Waals surface area (Å²) in [4.78, 5) is 24.5. The third-order valence-electron chi connectivity index (χ3n) is 3.65. The molecule has 1 unspecified atom stereocenters. The van der Waals surface area contributed by atoms with E-state index in [1.54, 1.807) is 19.2 Å². The Balaban J connectivity index is 1.71. The van der Waals surface area contributed by atoms with Gasteiger partial charge in [0.1, 0.15) is 11.8 Å². The number of hydrogen-bond acceptors (Lipinski definition) is 4. The Bertz CT molecular complexity index is 880. The molecule has 0 aliphatic carbocycles. The first-order chi connectivity index (χ1) is 11.1. The lowest BCUT2D eigenvalue weighted by molar-refractivity contribution is 0.0908. The number of nitrogens with one attached hydrogen (secondary N) is 1. The molecular weight excluding hydrogens is 312 g/mol. The number of carbonyl (C=O) groups excluding carboxylic acids is 1. The van der Waals surface area contributed by atoms with E-state index in [4.69, 9.17) is 0 Å². The smallest absolute Gasteiger partial charge is 0.268 e. The zero-order valence-corrected chi connectivity index (χ0v) is 13.3. The minimum atomic E-state index is -0.780. The first kappa shape index (κ1) is 15.5. The van der Waals surface area contributed by atoms with Crippen LogP contribution < -0.4 is 10.9 Å². The molecule has 0 radical (unpaired) electrons. The Labute approximate surface area is 136 Å². The largest absolute Gasteiger partial charge is 0.386 e. The van der Waals surface area contributed by atoms with Gasteiger partial charge in [-0.1, -0.05) is 24.3 Å². The number of carbonyl (C=O) groups is 1. The lowest BCUT2D eigenvalue weighted by atomic mass is 10.2. The highest BCUT2D eigenvalue weighted by molar-refractivity contribution is 7.19. The molecule has 0 saturated heterocycles. The van der Waals surface area contributed by atoms with Crippen molar-refractivity contribution in [3.05, 3.63) is 69.5 Å². The molecule has 0 aliphatic heterocycles. The highest BCUT2D eigenvalue weighted by Crippen LogP contribution is 2.29. The number of fused-ring (bicyclic) bond motifs is 1. The van der Waals surface area contributed by atoms with E-state index in [9.17, 15) is 14.7 Å². The molecule has 0 spiro atoms. The number of thiophene rings is 1. The molecule has 1 aromatic carbocycles. The Morgan fingerprint density at radius 2 is 2.04 bits per heavy atom. The molecule has 0 aliphatic rings. The topological polar surface area (TPSA) is 71.3 Å². The van der Waals surface area contributed by atoms with Gasteiger partial charge in [-0.3, -0.25) is 9.59 Å². The van der Waals surface area contributed by atoms with Crippen molar-refractivity contribution in [1.82, 2.24) is 9.88 Å². The minimum Gasteiger partial charge on any atom is -0.386 e. The van der Waals surface area contributed by atoms with E-state index in [1.165, 1.54) is 22.0 Å². The highest BCUT2D eigenvalue weighted by Gasteiger charge is 2.15. The van der Waals surface area contributed by atoms with Gasteiger partial charge in [-0.2, -0.15) is 0 Å². The van der Waals surface area contributed by atoms with Crippen LogP contribution in [0.3, 0.4) is 0 Å². The predicted molar refractivity (Wildman–Crippen MR) is 90.8 cm³/mol. The number of nitrogens with zero attached hydrogens (tertiary/aromatic N) is 1. The number of aliphatic hydroxyl groups excluding tert-OH is 1. The van der Waals surface area contributed by atoms with Gasteiger partial charge in [0.15, 0.2) is 0 Å². The summed E-state index contributed by atoms with van der Waals surface area (Å²) in [6.45, 7) is 0.0920. The summed E-state index contributed by atoms with van der Waals surface area (Å²) in [5.41, 5.74) is 0.0174. The lowest BCUT2D eigenvalue weighted by Gasteiger charge is -2.11. The molecule has 2 aromatic heterocycles. The number of aliphatic hydroxyl groups is 1. The number of benzene rings is 1. The molecule has 0 bridgehead atoms. The van der Waals surface area contributed by atoms with Gasteiger partial charge in [0.05, 0.1) is 0 Å². The van der Waals surface area contributed by atoms with E-state index in [1.807, 2.05) is 30.3 Å². The summed E-state index contributed by atoms with van der Waals surface area (Å²) in [5, 5.41) is 14.0. The van der Waals surface area contributed by atoms with Crippen LogP contribution in [0.15, 0.2) is 53.3 Å². The third kappa shape index (κ3) is 3.18. The van der Waals surface area contributed by atoms with Gasteiger partial charge in [-0.15, -0.1) is 11.3 Å². The van der Waals surface area contributed by atoms with Gasteiger partial charge >= 0.3 is 0 Å². The van der Waals surface area contributed by atoms with Crippen LogP contribution in [0.1, 0.15) is 21.5 Å². The fraction of sp³-hybridized carbons (Fsp3) is 0.176. The summed E-state index contributed by atoms with van der Waals surface area (Å²) in [6.07, 6.45) is -0.780. The zero-order valence-electron chi connectivity index (χ0n) is 12.5. The molecule has 0 fully saturated rings. The second kappa shape index (κ2) is 6.36. The zero-order chi connectivity index (χ0) is 16.4. The maximum absolute atomic E-state index is 12.1. The van der Waals surface area contributed by atoms with Crippen molar-refractivity contribution in [3.63, 3.8) is 0 Å². The molecule has 6 heteroatoms. The molecule has 3 aromatic rings. The first-order valence-corrected chi connectivity index (χ1v) is 7.98. The molecule has 0 saturated carbocycles. The maximum Gasteiger partial charge on any atom is 0.268 e. The average molecular weight is 328 g/mol. The van der Waals surface area contributed by atoms with Crippen LogP contribution in [0.5, 0.6) is 0 Å². The molecule has 2 heterocycles. The second-order valence-electron chi connectivity index (χ2n) is 5.22. The molecule has 118 valence electrons. The Kier molecular flexibility index (Phi) is 4.27. The molecule has 1 amide bonds. The Hall–Kier alpha value is -2.44. The summed E-state index contributed by atoms with van der Waals surface area (Å²) in [7, 11) is 1.54. The molecule has 3 rings (SSSR count). The number of rotatable bonds is 4.